The lowest BCUT2D eigenvalue weighted by molar-refractivity contribution is -0.118. The van der Waals surface area contributed by atoms with Gasteiger partial charge < -0.3 is 10.2 Å². The third-order valence-electron chi connectivity index (χ3n) is 3.79. The molecular weight excluding hydrogens is 283 g/mol. The van der Waals surface area contributed by atoms with E-state index >= 15 is 0 Å². The number of halogens is 1. The smallest absolute Gasteiger partial charge is 0.255 e. The average molecular weight is 298 g/mol. The monoisotopic (exact) mass is 298 g/mol. The molecule has 0 saturated heterocycles. The molecule has 0 radical (unpaired) electrons. The van der Waals surface area contributed by atoms with Crippen LogP contribution in [0.2, 0.25) is 0 Å². The van der Waals surface area contributed by atoms with E-state index in [1.807, 2.05) is 12.1 Å². The maximum absolute atomic E-state index is 12.9. The van der Waals surface area contributed by atoms with Crippen LogP contribution in [0.15, 0.2) is 42.5 Å². The van der Waals surface area contributed by atoms with Gasteiger partial charge in [-0.1, -0.05) is 0 Å². The molecule has 0 spiro atoms. The first-order chi connectivity index (χ1) is 10.5. The van der Waals surface area contributed by atoms with Crippen LogP contribution in [-0.2, 0) is 11.2 Å². The molecule has 1 heterocycles. The SMILES string of the molecule is CN1C(=O)CCc2cc(NC(=O)c3ccc(F)cc3)ccc21. The predicted molar refractivity (Wildman–Crippen MR) is 82.5 cm³/mol. The molecule has 3 rings (SSSR count). The molecule has 0 unspecified atom stereocenters. The van der Waals surface area contributed by atoms with Crippen LogP contribution >= 0.6 is 0 Å². The van der Waals surface area contributed by atoms with Gasteiger partial charge in [0.05, 0.1) is 0 Å². The van der Waals surface area contributed by atoms with Crippen molar-refractivity contribution in [3.8, 4) is 0 Å². The summed E-state index contributed by atoms with van der Waals surface area (Å²) < 4.78 is 12.9. The quantitative estimate of drug-likeness (QED) is 0.926. The molecule has 0 fully saturated rings. The van der Waals surface area contributed by atoms with Gasteiger partial charge in [0.2, 0.25) is 5.91 Å². The molecule has 2 aromatic carbocycles. The summed E-state index contributed by atoms with van der Waals surface area (Å²) in [5.74, 6) is -0.575. The topological polar surface area (TPSA) is 49.4 Å². The Kier molecular flexibility index (Phi) is 3.63. The maximum Gasteiger partial charge on any atom is 0.255 e. The molecule has 5 heteroatoms. The molecule has 4 nitrogen and oxygen atoms in total. The number of rotatable bonds is 2. The number of fused-ring (bicyclic) bond motifs is 1. The zero-order chi connectivity index (χ0) is 15.7. The first-order valence-electron chi connectivity index (χ1n) is 7.01. The van der Waals surface area contributed by atoms with Crippen molar-refractivity contribution in [1.82, 2.24) is 0 Å². The Morgan fingerprint density at radius 2 is 1.86 bits per heavy atom. The lowest BCUT2D eigenvalue weighted by Crippen LogP contribution is -2.31. The zero-order valence-electron chi connectivity index (χ0n) is 12.1. The van der Waals surface area contributed by atoms with Crippen molar-refractivity contribution in [2.45, 2.75) is 12.8 Å². The fourth-order valence-electron chi connectivity index (χ4n) is 2.54. The van der Waals surface area contributed by atoms with Crippen LogP contribution < -0.4 is 10.2 Å². The van der Waals surface area contributed by atoms with Crippen molar-refractivity contribution in [2.75, 3.05) is 17.3 Å². The van der Waals surface area contributed by atoms with E-state index in [1.54, 1.807) is 18.0 Å². The minimum Gasteiger partial charge on any atom is -0.322 e. The van der Waals surface area contributed by atoms with Crippen molar-refractivity contribution in [2.24, 2.45) is 0 Å². The van der Waals surface area contributed by atoms with Crippen molar-refractivity contribution in [1.29, 1.82) is 0 Å². The standard InChI is InChI=1S/C17H15FN2O2/c1-20-15-8-7-14(10-12(15)4-9-16(20)21)19-17(22)11-2-5-13(18)6-3-11/h2-3,5-8,10H,4,9H2,1H3,(H,19,22). The molecule has 0 atom stereocenters. The molecule has 0 bridgehead atoms. The molecule has 112 valence electrons. The largest absolute Gasteiger partial charge is 0.322 e. The van der Waals surface area contributed by atoms with Gasteiger partial charge in [-0.15, -0.1) is 0 Å². The number of carbonyl (C=O) groups excluding carboxylic acids is 2. The molecule has 1 aliphatic rings. The summed E-state index contributed by atoms with van der Waals surface area (Å²) in [5.41, 5.74) is 2.96. The first kappa shape index (κ1) is 14.3. The lowest BCUT2D eigenvalue weighted by Gasteiger charge is -2.26. The van der Waals surface area contributed by atoms with E-state index in [-0.39, 0.29) is 17.6 Å². The Balaban J connectivity index is 1.80. The Hall–Kier alpha value is -2.69. The van der Waals surface area contributed by atoms with Gasteiger partial charge >= 0.3 is 0 Å². The van der Waals surface area contributed by atoms with E-state index in [4.69, 9.17) is 0 Å². The van der Waals surface area contributed by atoms with Gasteiger partial charge in [-0.25, -0.2) is 4.39 Å². The molecule has 22 heavy (non-hydrogen) atoms. The van der Waals surface area contributed by atoms with Crippen molar-refractivity contribution in [3.05, 3.63) is 59.4 Å². The van der Waals surface area contributed by atoms with Gasteiger partial charge in [0.25, 0.3) is 5.91 Å². The summed E-state index contributed by atoms with van der Waals surface area (Å²) in [6.45, 7) is 0. The van der Waals surface area contributed by atoms with Crippen LogP contribution in [0.5, 0.6) is 0 Å². The van der Waals surface area contributed by atoms with E-state index in [2.05, 4.69) is 5.32 Å². The summed E-state index contributed by atoms with van der Waals surface area (Å²) >= 11 is 0. The number of hydrogen-bond donors (Lipinski definition) is 1. The van der Waals surface area contributed by atoms with Gasteiger partial charge in [-0.05, 0) is 54.4 Å². The number of nitrogens with zero attached hydrogens (tertiary/aromatic N) is 1. The highest BCUT2D eigenvalue weighted by molar-refractivity contribution is 6.04. The van der Waals surface area contributed by atoms with Gasteiger partial charge in [-0.2, -0.15) is 0 Å². The first-order valence-corrected chi connectivity index (χ1v) is 7.01. The summed E-state index contributed by atoms with van der Waals surface area (Å²) in [5, 5.41) is 2.79. The van der Waals surface area contributed by atoms with Crippen molar-refractivity contribution >= 4 is 23.2 Å². The molecule has 0 aromatic heterocycles. The van der Waals surface area contributed by atoms with E-state index in [1.165, 1.54) is 24.3 Å². The van der Waals surface area contributed by atoms with Gasteiger partial charge in [0.1, 0.15) is 5.82 Å². The fourth-order valence-corrected chi connectivity index (χ4v) is 2.54. The van der Waals surface area contributed by atoms with E-state index < -0.39 is 0 Å². The zero-order valence-corrected chi connectivity index (χ0v) is 12.1. The second kappa shape index (κ2) is 5.60. The Bertz CT molecular complexity index is 741. The van der Waals surface area contributed by atoms with Crippen LogP contribution in [0.25, 0.3) is 0 Å². The van der Waals surface area contributed by atoms with E-state index in [9.17, 15) is 14.0 Å². The predicted octanol–water partition coefficient (Wildman–Crippen LogP) is 2.99. The highest BCUT2D eigenvalue weighted by Crippen LogP contribution is 2.29. The van der Waals surface area contributed by atoms with Crippen LogP contribution in [0.4, 0.5) is 15.8 Å². The molecule has 0 saturated carbocycles. The summed E-state index contributed by atoms with van der Waals surface area (Å²) in [7, 11) is 1.75. The highest BCUT2D eigenvalue weighted by atomic mass is 19.1. The molecular formula is C17H15FN2O2. The molecule has 2 amide bonds. The fraction of sp³-hybridized carbons (Fsp3) is 0.176. The van der Waals surface area contributed by atoms with Crippen molar-refractivity contribution < 1.29 is 14.0 Å². The van der Waals surface area contributed by atoms with Gasteiger partial charge in [-0.3, -0.25) is 9.59 Å². The van der Waals surface area contributed by atoms with Crippen LogP contribution in [0.1, 0.15) is 22.3 Å². The van der Waals surface area contributed by atoms with E-state index in [0.29, 0.717) is 24.1 Å². The minimum absolute atomic E-state index is 0.0931. The third kappa shape index (κ3) is 2.70. The average Bonchev–Trinajstić information content (AvgIpc) is 2.51. The normalized spacial score (nSPS) is 13.7. The summed E-state index contributed by atoms with van der Waals surface area (Å²) in [6, 6.07) is 10.8. The number of carbonyl (C=O) groups is 2. The van der Waals surface area contributed by atoms with Crippen LogP contribution in [-0.4, -0.2) is 18.9 Å². The van der Waals surface area contributed by atoms with Crippen LogP contribution in [0.3, 0.4) is 0 Å². The lowest BCUT2D eigenvalue weighted by atomic mass is 10.0. The van der Waals surface area contributed by atoms with E-state index in [0.717, 1.165) is 11.3 Å². The maximum atomic E-state index is 12.9. The number of amides is 2. The molecule has 0 aliphatic carbocycles. The van der Waals surface area contributed by atoms with Crippen LogP contribution in [0, 0.1) is 5.82 Å². The Morgan fingerprint density at radius 1 is 1.14 bits per heavy atom. The number of benzene rings is 2. The van der Waals surface area contributed by atoms with Gasteiger partial charge in [0, 0.05) is 30.4 Å². The highest BCUT2D eigenvalue weighted by Gasteiger charge is 2.21. The number of nitrogens with one attached hydrogen (secondary N) is 1. The summed E-state index contributed by atoms with van der Waals surface area (Å²) in [4.78, 5) is 25.4. The number of anilines is 2. The third-order valence-corrected chi connectivity index (χ3v) is 3.79. The summed E-state index contributed by atoms with van der Waals surface area (Å²) in [6.07, 6.45) is 1.14. The number of aryl methyl sites for hydroxylation is 1. The number of hydrogen-bond acceptors (Lipinski definition) is 2. The molecule has 1 N–H and O–H groups in total. The second-order valence-electron chi connectivity index (χ2n) is 5.26. The van der Waals surface area contributed by atoms with Gasteiger partial charge in [0.15, 0.2) is 0 Å². The Labute approximate surface area is 127 Å². The minimum atomic E-state index is -0.377. The second-order valence-corrected chi connectivity index (χ2v) is 5.26. The molecule has 1 aliphatic heterocycles. The van der Waals surface area contributed by atoms with Crippen molar-refractivity contribution in [3.63, 3.8) is 0 Å². The molecule has 2 aromatic rings. The Morgan fingerprint density at radius 3 is 2.59 bits per heavy atom.